The number of nitrogens with zero attached hydrogens (tertiary/aromatic N) is 4. The van der Waals surface area contributed by atoms with Crippen molar-refractivity contribution in [1.29, 1.82) is 0 Å². The van der Waals surface area contributed by atoms with Crippen molar-refractivity contribution in [2.24, 2.45) is 0 Å². The maximum absolute atomic E-state index is 13.2. The molecule has 0 spiro atoms. The van der Waals surface area contributed by atoms with E-state index < -0.39 is 10.0 Å². The van der Waals surface area contributed by atoms with Crippen LogP contribution in [-0.4, -0.2) is 43.0 Å². The molecule has 5 rings (SSSR count). The lowest BCUT2D eigenvalue weighted by atomic mass is 9.95. The van der Waals surface area contributed by atoms with Gasteiger partial charge in [-0.1, -0.05) is 69.3 Å². The van der Waals surface area contributed by atoms with E-state index in [9.17, 15) is 8.42 Å². The Kier molecular flexibility index (Phi) is 6.39. The van der Waals surface area contributed by atoms with Crippen molar-refractivity contribution in [2.75, 3.05) is 24.4 Å². The number of fused-ring (bicyclic) bond motifs is 1. The molecule has 1 atom stereocenters. The predicted octanol–water partition coefficient (Wildman–Crippen LogP) is 5.61. The summed E-state index contributed by atoms with van der Waals surface area (Å²) < 4.78 is 30.1. The molecule has 1 fully saturated rings. The highest BCUT2D eigenvalue weighted by molar-refractivity contribution is 7.92. The van der Waals surface area contributed by atoms with Crippen LogP contribution in [0.15, 0.2) is 83.8 Å². The second kappa shape index (κ2) is 9.37. The number of benzene rings is 3. The molecule has 0 bridgehead atoms. The van der Waals surface area contributed by atoms with Crippen LogP contribution in [-0.2, 0) is 22.0 Å². The van der Waals surface area contributed by atoms with Gasteiger partial charge in [0.1, 0.15) is 5.82 Å². The number of hydrogen-bond donors (Lipinski definition) is 0. The lowest BCUT2D eigenvalue weighted by molar-refractivity contribution is 0.314. The number of anilines is 1. The summed E-state index contributed by atoms with van der Waals surface area (Å²) in [4.78, 5) is 7.84. The summed E-state index contributed by atoms with van der Waals surface area (Å²) in [6.45, 7) is 9.52. The fraction of sp³-hybridized carbons (Fsp3) is 0.345. The van der Waals surface area contributed by atoms with Gasteiger partial charge in [0.25, 0.3) is 10.0 Å². The van der Waals surface area contributed by atoms with E-state index in [2.05, 4.69) is 60.6 Å². The van der Waals surface area contributed by atoms with Crippen LogP contribution in [0.2, 0.25) is 0 Å². The number of sulfonamides is 1. The van der Waals surface area contributed by atoms with Gasteiger partial charge in [0.05, 0.1) is 21.6 Å². The Labute approximate surface area is 214 Å². The lowest BCUT2D eigenvalue weighted by Gasteiger charge is -2.25. The normalized spacial score (nSPS) is 17.1. The van der Waals surface area contributed by atoms with Crippen LogP contribution in [0.25, 0.3) is 11.0 Å². The highest BCUT2D eigenvalue weighted by Crippen LogP contribution is 2.35. The van der Waals surface area contributed by atoms with Crippen molar-refractivity contribution in [3.05, 3.63) is 90.3 Å². The third kappa shape index (κ3) is 4.65. The van der Waals surface area contributed by atoms with E-state index in [-0.39, 0.29) is 10.3 Å². The molecule has 1 aliphatic heterocycles. The molecule has 3 aromatic carbocycles. The van der Waals surface area contributed by atoms with E-state index in [4.69, 9.17) is 4.98 Å². The maximum atomic E-state index is 13.2. The predicted molar refractivity (Wildman–Crippen MR) is 146 cm³/mol. The molecular weight excluding hydrogens is 468 g/mol. The molecule has 0 saturated carbocycles. The SMILES string of the molecule is CN(c1ccc2c(c1)nc(C(C)(C)C)n2[C@H]1CCN(Cc2ccccc2)C1)S(=O)(=O)c1ccccc1. The summed E-state index contributed by atoms with van der Waals surface area (Å²) in [5, 5.41) is 0. The molecule has 0 unspecified atom stereocenters. The quantitative estimate of drug-likeness (QED) is 0.344. The van der Waals surface area contributed by atoms with Crippen molar-refractivity contribution in [2.45, 2.75) is 50.1 Å². The van der Waals surface area contributed by atoms with Crippen molar-refractivity contribution >= 4 is 26.7 Å². The van der Waals surface area contributed by atoms with Gasteiger partial charge in [-0.2, -0.15) is 0 Å². The van der Waals surface area contributed by atoms with Gasteiger partial charge in [-0.15, -0.1) is 0 Å². The van der Waals surface area contributed by atoms with Crippen LogP contribution in [0.3, 0.4) is 0 Å². The van der Waals surface area contributed by atoms with Crippen LogP contribution < -0.4 is 4.31 Å². The number of imidazole rings is 1. The molecule has 6 nitrogen and oxygen atoms in total. The first-order valence-corrected chi connectivity index (χ1v) is 13.9. The molecule has 0 amide bonds. The standard InChI is InChI=1S/C29H34N4O2S/c1-29(2,3)28-30-26-19-23(31(4)36(34,35)25-13-9-6-10-14-25)15-16-27(26)33(28)24-17-18-32(21-24)20-22-11-7-5-8-12-22/h5-16,19,24H,17-18,20-21H2,1-4H3/t24-/m0/s1. The fourth-order valence-electron chi connectivity index (χ4n) is 5.08. The Morgan fingerprint density at radius 1 is 0.972 bits per heavy atom. The molecule has 0 radical (unpaired) electrons. The molecule has 4 aromatic rings. The van der Waals surface area contributed by atoms with Gasteiger partial charge < -0.3 is 4.57 Å². The average molecular weight is 503 g/mol. The number of rotatable bonds is 6. The van der Waals surface area contributed by atoms with E-state index in [1.807, 2.05) is 24.3 Å². The number of hydrogen-bond acceptors (Lipinski definition) is 4. The molecule has 1 aliphatic rings. The Hall–Kier alpha value is -3.16. The Morgan fingerprint density at radius 2 is 1.64 bits per heavy atom. The van der Waals surface area contributed by atoms with Crippen molar-refractivity contribution in [1.82, 2.24) is 14.5 Å². The fourth-order valence-corrected chi connectivity index (χ4v) is 6.29. The third-order valence-electron chi connectivity index (χ3n) is 6.97. The van der Waals surface area contributed by atoms with Crippen molar-refractivity contribution < 1.29 is 8.42 Å². The van der Waals surface area contributed by atoms with Crippen LogP contribution in [0.4, 0.5) is 5.69 Å². The zero-order valence-corrected chi connectivity index (χ0v) is 22.2. The van der Waals surface area contributed by atoms with E-state index in [0.29, 0.717) is 11.7 Å². The Morgan fingerprint density at radius 3 is 2.31 bits per heavy atom. The molecule has 1 saturated heterocycles. The first kappa shape index (κ1) is 24.5. The van der Waals surface area contributed by atoms with Gasteiger partial charge in [-0.05, 0) is 42.3 Å². The highest BCUT2D eigenvalue weighted by atomic mass is 32.2. The van der Waals surface area contributed by atoms with E-state index in [1.165, 1.54) is 9.87 Å². The van der Waals surface area contributed by atoms with Crippen LogP contribution >= 0.6 is 0 Å². The second-order valence-electron chi connectivity index (χ2n) is 10.7. The Bertz CT molecular complexity index is 1460. The lowest BCUT2D eigenvalue weighted by Crippen LogP contribution is -2.26. The van der Waals surface area contributed by atoms with Crippen molar-refractivity contribution in [3.8, 4) is 0 Å². The largest absolute Gasteiger partial charge is 0.323 e. The maximum Gasteiger partial charge on any atom is 0.264 e. The minimum Gasteiger partial charge on any atom is -0.323 e. The summed E-state index contributed by atoms with van der Waals surface area (Å²) in [5.41, 5.74) is 3.67. The molecule has 2 heterocycles. The van der Waals surface area contributed by atoms with Crippen LogP contribution in [0, 0.1) is 0 Å². The monoisotopic (exact) mass is 502 g/mol. The minimum atomic E-state index is -3.65. The Balaban J connectivity index is 1.48. The molecule has 0 N–H and O–H groups in total. The second-order valence-corrected chi connectivity index (χ2v) is 12.6. The van der Waals surface area contributed by atoms with E-state index in [1.54, 1.807) is 31.3 Å². The average Bonchev–Trinajstić information content (AvgIpc) is 3.48. The molecule has 0 aliphatic carbocycles. The zero-order valence-electron chi connectivity index (χ0n) is 21.4. The smallest absolute Gasteiger partial charge is 0.264 e. The molecular formula is C29H34N4O2S. The number of aromatic nitrogens is 2. The van der Waals surface area contributed by atoms with Gasteiger partial charge >= 0.3 is 0 Å². The minimum absolute atomic E-state index is 0.145. The van der Waals surface area contributed by atoms with Crippen molar-refractivity contribution in [3.63, 3.8) is 0 Å². The summed E-state index contributed by atoms with van der Waals surface area (Å²) >= 11 is 0. The number of likely N-dealkylation sites (tertiary alicyclic amines) is 1. The summed E-state index contributed by atoms with van der Waals surface area (Å²) in [6, 6.07) is 25.3. The molecule has 36 heavy (non-hydrogen) atoms. The summed E-state index contributed by atoms with van der Waals surface area (Å²) in [6.07, 6.45) is 1.06. The highest BCUT2D eigenvalue weighted by Gasteiger charge is 2.32. The zero-order chi connectivity index (χ0) is 25.5. The van der Waals surface area contributed by atoms with Gasteiger partial charge in [-0.3, -0.25) is 9.21 Å². The summed E-state index contributed by atoms with van der Waals surface area (Å²) in [5.74, 6) is 1.04. The van der Waals surface area contributed by atoms with E-state index in [0.717, 1.165) is 42.9 Å². The molecule has 7 heteroatoms. The first-order chi connectivity index (χ1) is 17.1. The van der Waals surface area contributed by atoms with Gasteiger partial charge in [-0.25, -0.2) is 13.4 Å². The van der Waals surface area contributed by atoms with Crippen LogP contribution in [0.1, 0.15) is 44.6 Å². The summed E-state index contributed by atoms with van der Waals surface area (Å²) in [7, 11) is -2.05. The molecule has 188 valence electrons. The third-order valence-corrected chi connectivity index (χ3v) is 8.77. The van der Waals surface area contributed by atoms with Crippen LogP contribution in [0.5, 0.6) is 0 Å². The first-order valence-electron chi connectivity index (χ1n) is 12.5. The van der Waals surface area contributed by atoms with Gasteiger partial charge in [0, 0.05) is 38.1 Å². The molecule has 1 aromatic heterocycles. The van der Waals surface area contributed by atoms with Gasteiger partial charge in [0.2, 0.25) is 0 Å². The van der Waals surface area contributed by atoms with Gasteiger partial charge in [0.15, 0.2) is 0 Å². The van der Waals surface area contributed by atoms with E-state index >= 15 is 0 Å². The topological polar surface area (TPSA) is 58.4 Å².